The number of phenols is 1. The Bertz CT molecular complexity index is 684. The molecule has 0 unspecified atom stereocenters. The second-order valence-electron chi connectivity index (χ2n) is 5.59. The van der Waals surface area contributed by atoms with E-state index in [4.69, 9.17) is 21.1 Å². The molecule has 0 radical (unpaired) electrons. The summed E-state index contributed by atoms with van der Waals surface area (Å²) in [5, 5.41) is 9.94. The van der Waals surface area contributed by atoms with E-state index in [2.05, 4.69) is 17.0 Å². The molecule has 0 spiro atoms. The molecule has 0 amide bonds. The minimum atomic E-state index is 0.0823. The van der Waals surface area contributed by atoms with E-state index in [1.165, 1.54) is 5.56 Å². The number of nitrogens with zero attached hydrogens (tertiary/aromatic N) is 1. The van der Waals surface area contributed by atoms with E-state index >= 15 is 0 Å². The van der Waals surface area contributed by atoms with Gasteiger partial charge in [-0.1, -0.05) is 23.7 Å². The van der Waals surface area contributed by atoms with Crippen molar-refractivity contribution in [3.05, 3.63) is 47.0 Å². The highest BCUT2D eigenvalue weighted by Gasteiger charge is 2.13. The van der Waals surface area contributed by atoms with Crippen molar-refractivity contribution in [2.75, 3.05) is 33.4 Å². The minimum Gasteiger partial charge on any atom is -0.506 e. The molecule has 0 bridgehead atoms. The quantitative estimate of drug-likeness (QED) is 0.929. The van der Waals surface area contributed by atoms with Crippen LogP contribution < -0.4 is 4.74 Å². The van der Waals surface area contributed by atoms with Crippen LogP contribution in [0.15, 0.2) is 36.4 Å². The highest BCUT2D eigenvalue weighted by atomic mass is 35.5. The fraction of sp³-hybridized carbons (Fsp3) is 0.333. The van der Waals surface area contributed by atoms with Crippen molar-refractivity contribution < 1.29 is 14.6 Å². The van der Waals surface area contributed by atoms with Crippen LogP contribution in [0, 0.1) is 0 Å². The van der Waals surface area contributed by atoms with Crippen LogP contribution in [0.2, 0.25) is 5.02 Å². The monoisotopic (exact) mass is 333 g/mol. The van der Waals surface area contributed by atoms with Crippen LogP contribution in [0.3, 0.4) is 0 Å². The molecule has 0 saturated carbocycles. The number of aromatic hydroxyl groups is 1. The maximum Gasteiger partial charge on any atom is 0.134 e. The first-order chi connectivity index (χ1) is 11.2. The molecule has 2 aromatic carbocycles. The molecule has 1 fully saturated rings. The number of hydrogen-bond acceptors (Lipinski definition) is 4. The van der Waals surface area contributed by atoms with Crippen molar-refractivity contribution in [3.8, 4) is 22.6 Å². The highest BCUT2D eigenvalue weighted by Crippen LogP contribution is 2.35. The van der Waals surface area contributed by atoms with Gasteiger partial charge in [0.25, 0.3) is 0 Å². The van der Waals surface area contributed by atoms with Gasteiger partial charge in [0.2, 0.25) is 0 Å². The number of ether oxygens (including phenoxy) is 2. The fourth-order valence-electron chi connectivity index (χ4n) is 2.77. The number of phenolic OH excluding ortho intramolecular Hbond substituents is 1. The topological polar surface area (TPSA) is 41.9 Å². The molecular formula is C18H20ClNO3. The van der Waals surface area contributed by atoms with Gasteiger partial charge in [-0.15, -0.1) is 0 Å². The molecule has 122 valence electrons. The van der Waals surface area contributed by atoms with Gasteiger partial charge in [0, 0.05) is 25.2 Å². The van der Waals surface area contributed by atoms with Crippen LogP contribution in [0.1, 0.15) is 5.56 Å². The molecule has 0 aromatic heterocycles. The summed E-state index contributed by atoms with van der Waals surface area (Å²) in [6, 6.07) is 11.4. The number of rotatable bonds is 4. The predicted octanol–water partition coefficient (Wildman–Crippen LogP) is 3.55. The number of benzene rings is 2. The van der Waals surface area contributed by atoms with Gasteiger partial charge in [-0.05, 0) is 35.4 Å². The summed E-state index contributed by atoms with van der Waals surface area (Å²) in [6.07, 6.45) is 0. The third-order valence-electron chi connectivity index (χ3n) is 4.03. The molecule has 1 aliphatic heterocycles. The van der Waals surface area contributed by atoms with Gasteiger partial charge < -0.3 is 14.6 Å². The molecule has 1 heterocycles. The first-order valence-corrected chi connectivity index (χ1v) is 8.01. The lowest BCUT2D eigenvalue weighted by Crippen LogP contribution is -2.35. The Labute approximate surface area is 141 Å². The van der Waals surface area contributed by atoms with Crippen LogP contribution in [0.25, 0.3) is 11.1 Å². The third-order valence-corrected chi connectivity index (χ3v) is 4.34. The fourth-order valence-corrected chi connectivity index (χ4v) is 2.95. The summed E-state index contributed by atoms with van der Waals surface area (Å²) in [5.41, 5.74) is 3.11. The standard InChI is InChI=1S/C18H20ClNO3/c1-22-18-5-2-13(12-20-6-8-23-9-7-20)10-15(18)14-3-4-17(21)16(19)11-14/h2-5,10-11,21H,6-9,12H2,1H3. The van der Waals surface area contributed by atoms with E-state index < -0.39 is 0 Å². The molecule has 2 aromatic rings. The Balaban J connectivity index is 1.90. The molecule has 5 heteroatoms. The second kappa shape index (κ2) is 7.21. The van der Waals surface area contributed by atoms with E-state index in [1.807, 2.05) is 12.1 Å². The van der Waals surface area contributed by atoms with E-state index in [0.29, 0.717) is 5.02 Å². The Morgan fingerprint density at radius 3 is 2.65 bits per heavy atom. The van der Waals surface area contributed by atoms with Crippen LogP contribution in [-0.4, -0.2) is 43.4 Å². The molecule has 3 rings (SSSR count). The summed E-state index contributed by atoms with van der Waals surface area (Å²) < 4.78 is 10.9. The van der Waals surface area contributed by atoms with Gasteiger partial charge in [0.15, 0.2) is 0 Å². The van der Waals surface area contributed by atoms with Crippen LogP contribution in [-0.2, 0) is 11.3 Å². The molecule has 1 saturated heterocycles. The number of morpholine rings is 1. The lowest BCUT2D eigenvalue weighted by molar-refractivity contribution is 0.0342. The van der Waals surface area contributed by atoms with E-state index in [-0.39, 0.29) is 5.75 Å². The maximum absolute atomic E-state index is 9.61. The summed E-state index contributed by atoms with van der Waals surface area (Å²) >= 11 is 6.04. The van der Waals surface area contributed by atoms with Crippen LogP contribution in [0.4, 0.5) is 0 Å². The summed E-state index contributed by atoms with van der Waals surface area (Å²) in [6.45, 7) is 4.36. The van der Waals surface area contributed by atoms with Crippen molar-refractivity contribution >= 4 is 11.6 Å². The van der Waals surface area contributed by atoms with Crippen molar-refractivity contribution in [1.82, 2.24) is 4.90 Å². The lowest BCUT2D eigenvalue weighted by atomic mass is 10.0. The lowest BCUT2D eigenvalue weighted by Gasteiger charge is -2.26. The molecule has 1 aliphatic rings. The zero-order valence-electron chi connectivity index (χ0n) is 13.1. The van der Waals surface area contributed by atoms with Crippen molar-refractivity contribution in [2.24, 2.45) is 0 Å². The summed E-state index contributed by atoms with van der Waals surface area (Å²) in [4.78, 5) is 2.37. The minimum absolute atomic E-state index is 0.0823. The summed E-state index contributed by atoms with van der Waals surface area (Å²) in [5.74, 6) is 0.872. The van der Waals surface area contributed by atoms with Gasteiger partial charge in [-0.2, -0.15) is 0 Å². The van der Waals surface area contributed by atoms with E-state index in [0.717, 1.165) is 49.7 Å². The smallest absolute Gasteiger partial charge is 0.134 e. The SMILES string of the molecule is COc1ccc(CN2CCOCC2)cc1-c1ccc(O)c(Cl)c1. The van der Waals surface area contributed by atoms with Crippen molar-refractivity contribution in [3.63, 3.8) is 0 Å². The van der Waals surface area contributed by atoms with Gasteiger partial charge in [-0.3, -0.25) is 4.90 Å². The van der Waals surface area contributed by atoms with E-state index in [9.17, 15) is 5.11 Å². The average molecular weight is 334 g/mol. The number of hydrogen-bond donors (Lipinski definition) is 1. The third kappa shape index (κ3) is 3.78. The zero-order chi connectivity index (χ0) is 16.2. The molecule has 4 nitrogen and oxygen atoms in total. The molecular weight excluding hydrogens is 314 g/mol. The first kappa shape index (κ1) is 16.1. The number of halogens is 1. The van der Waals surface area contributed by atoms with Gasteiger partial charge in [0.1, 0.15) is 11.5 Å². The molecule has 0 aliphatic carbocycles. The summed E-state index contributed by atoms with van der Waals surface area (Å²) in [7, 11) is 1.66. The zero-order valence-corrected chi connectivity index (χ0v) is 13.8. The van der Waals surface area contributed by atoms with E-state index in [1.54, 1.807) is 19.2 Å². The number of methoxy groups -OCH3 is 1. The largest absolute Gasteiger partial charge is 0.506 e. The van der Waals surface area contributed by atoms with Gasteiger partial charge >= 0.3 is 0 Å². The highest BCUT2D eigenvalue weighted by molar-refractivity contribution is 6.32. The Kier molecular flexibility index (Phi) is 5.06. The Morgan fingerprint density at radius 2 is 1.96 bits per heavy atom. The Hall–Kier alpha value is -1.75. The van der Waals surface area contributed by atoms with Gasteiger partial charge in [-0.25, -0.2) is 0 Å². The molecule has 23 heavy (non-hydrogen) atoms. The average Bonchev–Trinajstić information content (AvgIpc) is 2.58. The second-order valence-corrected chi connectivity index (χ2v) is 6.00. The van der Waals surface area contributed by atoms with Crippen LogP contribution in [0.5, 0.6) is 11.5 Å². The van der Waals surface area contributed by atoms with Crippen LogP contribution >= 0.6 is 11.6 Å². The Morgan fingerprint density at radius 1 is 1.17 bits per heavy atom. The van der Waals surface area contributed by atoms with Gasteiger partial charge in [0.05, 0.1) is 25.3 Å². The molecule has 0 atom stereocenters. The normalized spacial score (nSPS) is 15.6. The predicted molar refractivity (Wildman–Crippen MR) is 91.2 cm³/mol. The van der Waals surface area contributed by atoms with Crippen molar-refractivity contribution in [1.29, 1.82) is 0 Å². The first-order valence-electron chi connectivity index (χ1n) is 7.63. The molecule has 1 N–H and O–H groups in total. The maximum atomic E-state index is 9.61. The van der Waals surface area contributed by atoms with Crippen molar-refractivity contribution in [2.45, 2.75) is 6.54 Å².